The van der Waals surface area contributed by atoms with Gasteiger partial charge in [0.1, 0.15) is 5.82 Å². The number of halogens is 1. The number of carbonyl (C=O) groups is 1. The van der Waals surface area contributed by atoms with Crippen molar-refractivity contribution in [1.82, 2.24) is 0 Å². The molecule has 0 amide bonds. The molecule has 0 aliphatic carbocycles. The third-order valence-electron chi connectivity index (χ3n) is 3.01. The highest BCUT2D eigenvalue weighted by molar-refractivity contribution is 5.72. The number of nitro benzene ring substituents is 1. The second-order valence-electron chi connectivity index (χ2n) is 4.50. The molecule has 2 unspecified atom stereocenters. The molecule has 2 N–H and O–H groups in total. The van der Waals surface area contributed by atoms with E-state index in [1.54, 1.807) is 0 Å². The molecule has 0 bridgehead atoms. The maximum atomic E-state index is 13.2. The van der Waals surface area contributed by atoms with Crippen molar-refractivity contribution in [3.8, 4) is 0 Å². The van der Waals surface area contributed by atoms with E-state index in [0.717, 1.165) is 12.1 Å². The number of anilines is 1. The summed E-state index contributed by atoms with van der Waals surface area (Å²) in [4.78, 5) is 20.6. The highest BCUT2D eigenvalue weighted by Gasteiger charge is 2.30. The summed E-state index contributed by atoms with van der Waals surface area (Å²) in [6.45, 7) is 0.268. The molecule has 1 aliphatic heterocycles. The van der Waals surface area contributed by atoms with Gasteiger partial charge in [0.15, 0.2) is 6.10 Å². The first-order valence-electron chi connectivity index (χ1n) is 6.03. The van der Waals surface area contributed by atoms with Gasteiger partial charge >= 0.3 is 5.97 Å². The Morgan fingerprint density at radius 1 is 1.50 bits per heavy atom. The Bertz CT molecular complexity index is 537. The number of nitrogens with one attached hydrogen (secondary N) is 1. The highest BCUT2D eigenvalue weighted by Crippen LogP contribution is 2.23. The van der Waals surface area contributed by atoms with Crippen LogP contribution in [0.25, 0.3) is 0 Å². The first-order chi connectivity index (χ1) is 9.45. The first-order valence-corrected chi connectivity index (χ1v) is 6.03. The Labute approximate surface area is 113 Å². The van der Waals surface area contributed by atoms with E-state index < -0.39 is 22.8 Å². The Morgan fingerprint density at radius 2 is 2.25 bits per heavy atom. The van der Waals surface area contributed by atoms with Crippen molar-refractivity contribution in [2.24, 2.45) is 0 Å². The molecule has 108 valence electrons. The fraction of sp³-hybridized carbons (Fsp3) is 0.417. The number of carboxylic acid groups (broad SMARTS) is 1. The van der Waals surface area contributed by atoms with Crippen LogP contribution in [0.4, 0.5) is 15.8 Å². The second kappa shape index (κ2) is 5.83. The van der Waals surface area contributed by atoms with E-state index in [2.05, 4.69) is 5.32 Å². The zero-order valence-corrected chi connectivity index (χ0v) is 10.4. The number of nitro groups is 1. The van der Waals surface area contributed by atoms with Gasteiger partial charge < -0.3 is 15.2 Å². The van der Waals surface area contributed by atoms with Crippen LogP contribution in [0, 0.1) is 15.9 Å². The van der Waals surface area contributed by atoms with Gasteiger partial charge in [0.25, 0.3) is 5.69 Å². The Balaban J connectivity index is 1.95. The average Bonchev–Trinajstić information content (AvgIpc) is 2.84. The Morgan fingerprint density at radius 3 is 2.85 bits per heavy atom. The quantitative estimate of drug-likeness (QED) is 0.631. The van der Waals surface area contributed by atoms with E-state index in [1.165, 1.54) is 6.07 Å². The molecule has 0 saturated carbocycles. The average molecular weight is 284 g/mol. The number of ether oxygens (including phenoxy) is 1. The highest BCUT2D eigenvalue weighted by atomic mass is 19.1. The molecule has 0 radical (unpaired) electrons. The Hall–Kier alpha value is -2.22. The fourth-order valence-corrected chi connectivity index (χ4v) is 2.05. The lowest BCUT2D eigenvalue weighted by atomic mass is 10.2. The van der Waals surface area contributed by atoms with Gasteiger partial charge in [-0.15, -0.1) is 0 Å². The number of non-ortho nitro benzene ring substituents is 1. The molecule has 1 aromatic rings. The van der Waals surface area contributed by atoms with E-state index in [4.69, 9.17) is 9.84 Å². The number of hydrogen-bond acceptors (Lipinski definition) is 5. The van der Waals surface area contributed by atoms with Crippen LogP contribution in [-0.4, -0.2) is 34.8 Å². The largest absolute Gasteiger partial charge is 0.479 e. The van der Waals surface area contributed by atoms with Gasteiger partial charge in [-0.3, -0.25) is 10.1 Å². The summed E-state index contributed by atoms with van der Waals surface area (Å²) in [6.07, 6.45) is -0.131. The number of hydrogen-bond donors (Lipinski definition) is 2. The van der Waals surface area contributed by atoms with Gasteiger partial charge in [-0.1, -0.05) is 0 Å². The number of aliphatic carboxylic acids is 1. The third-order valence-corrected chi connectivity index (χ3v) is 3.01. The predicted octanol–water partition coefficient (Wildman–Crippen LogP) is 1.78. The molecule has 1 aliphatic rings. The van der Waals surface area contributed by atoms with Crippen molar-refractivity contribution >= 4 is 17.3 Å². The van der Waals surface area contributed by atoms with Gasteiger partial charge in [-0.2, -0.15) is 0 Å². The Kier molecular flexibility index (Phi) is 4.14. The minimum absolute atomic E-state index is 0.263. The van der Waals surface area contributed by atoms with E-state index >= 15 is 0 Å². The zero-order chi connectivity index (χ0) is 14.7. The minimum atomic E-state index is -1.01. The van der Waals surface area contributed by atoms with Crippen LogP contribution in [0.15, 0.2) is 18.2 Å². The molecule has 0 spiro atoms. The van der Waals surface area contributed by atoms with Crippen LogP contribution in [0.1, 0.15) is 12.8 Å². The van der Waals surface area contributed by atoms with Crippen molar-refractivity contribution in [3.63, 3.8) is 0 Å². The van der Waals surface area contributed by atoms with Crippen LogP contribution in [0.5, 0.6) is 0 Å². The number of rotatable bonds is 5. The smallest absolute Gasteiger partial charge is 0.332 e. The lowest BCUT2D eigenvalue weighted by Gasteiger charge is -2.13. The summed E-state index contributed by atoms with van der Waals surface area (Å²) >= 11 is 0. The van der Waals surface area contributed by atoms with Gasteiger partial charge in [0.05, 0.1) is 17.1 Å². The second-order valence-corrected chi connectivity index (χ2v) is 4.50. The molecule has 7 nitrogen and oxygen atoms in total. The lowest BCUT2D eigenvalue weighted by Crippen LogP contribution is -2.24. The molecular weight excluding hydrogens is 271 g/mol. The monoisotopic (exact) mass is 284 g/mol. The normalized spacial score (nSPS) is 21.6. The van der Waals surface area contributed by atoms with E-state index in [0.29, 0.717) is 12.8 Å². The van der Waals surface area contributed by atoms with Gasteiger partial charge in [-0.25, -0.2) is 9.18 Å². The summed E-state index contributed by atoms with van der Waals surface area (Å²) in [7, 11) is 0. The van der Waals surface area contributed by atoms with Gasteiger partial charge in [0, 0.05) is 18.3 Å². The van der Waals surface area contributed by atoms with E-state index in [9.17, 15) is 19.3 Å². The topological polar surface area (TPSA) is 102 Å². The molecule has 2 rings (SSSR count). The van der Waals surface area contributed by atoms with Crippen molar-refractivity contribution < 1.29 is 24.0 Å². The van der Waals surface area contributed by atoms with Crippen LogP contribution < -0.4 is 5.32 Å². The standard InChI is InChI=1S/C12H13FN2O5/c13-7-3-8(5-9(4-7)15(18)19)14-6-10-1-2-11(20-10)12(16)17/h3-5,10-11,14H,1-2,6H2,(H,16,17). The van der Waals surface area contributed by atoms with Crippen molar-refractivity contribution in [2.45, 2.75) is 25.0 Å². The summed E-state index contributed by atoms with van der Waals surface area (Å²) in [5.74, 6) is -1.72. The number of carboxylic acids is 1. The van der Waals surface area contributed by atoms with Crippen molar-refractivity contribution in [1.29, 1.82) is 0 Å². The maximum absolute atomic E-state index is 13.2. The third kappa shape index (κ3) is 3.41. The molecule has 1 heterocycles. The summed E-state index contributed by atoms with van der Waals surface area (Å²) in [6, 6.07) is 3.18. The van der Waals surface area contributed by atoms with Crippen molar-refractivity contribution in [2.75, 3.05) is 11.9 Å². The van der Waals surface area contributed by atoms with Crippen LogP contribution in [-0.2, 0) is 9.53 Å². The maximum Gasteiger partial charge on any atom is 0.332 e. The van der Waals surface area contributed by atoms with Crippen LogP contribution in [0.2, 0.25) is 0 Å². The van der Waals surface area contributed by atoms with Crippen molar-refractivity contribution in [3.05, 3.63) is 34.1 Å². The fourth-order valence-electron chi connectivity index (χ4n) is 2.05. The number of benzene rings is 1. The first kappa shape index (κ1) is 14.2. The SMILES string of the molecule is O=C(O)C1CCC(CNc2cc(F)cc([N+](=O)[O-])c2)O1. The lowest BCUT2D eigenvalue weighted by molar-refractivity contribution is -0.385. The minimum Gasteiger partial charge on any atom is -0.479 e. The molecule has 1 fully saturated rings. The number of nitrogens with zero attached hydrogens (tertiary/aromatic N) is 1. The molecule has 2 atom stereocenters. The predicted molar refractivity (Wildman–Crippen MR) is 67.1 cm³/mol. The molecule has 1 saturated heterocycles. The van der Waals surface area contributed by atoms with Crippen LogP contribution >= 0.6 is 0 Å². The summed E-state index contributed by atoms with van der Waals surface area (Å²) < 4.78 is 18.5. The van der Waals surface area contributed by atoms with E-state index in [-0.39, 0.29) is 24.0 Å². The molecule has 1 aromatic carbocycles. The van der Waals surface area contributed by atoms with E-state index in [1.807, 2.05) is 0 Å². The van der Waals surface area contributed by atoms with Gasteiger partial charge in [-0.05, 0) is 18.9 Å². The molecule has 0 aromatic heterocycles. The summed E-state index contributed by atoms with van der Waals surface area (Å²) in [5.41, 5.74) is -0.0812. The molecular formula is C12H13FN2O5. The zero-order valence-electron chi connectivity index (χ0n) is 10.4. The molecule has 20 heavy (non-hydrogen) atoms. The van der Waals surface area contributed by atoms with Crippen LogP contribution in [0.3, 0.4) is 0 Å². The van der Waals surface area contributed by atoms with Gasteiger partial charge in [0.2, 0.25) is 0 Å². The molecule has 8 heteroatoms. The summed E-state index contributed by atoms with van der Waals surface area (Å²) in [5, 5.41) is 22.2.